The molecule has 1 aromatic carbocycles. The van der Waals surface area contributed by atoms with Crippen LogP contribution >= 0.6 is 0 Å². The van der Waals surface area contributed by atoms with Gasteiger partial charge in [0.25, 0.3) is 0 Å². The third-order valence-corrected chi connectivity index (χ3v) is 6.28. The molecule has 0 saturated carbocycles. The highest BCUT2D eigenvalue weighted by Crippen LogP contribution is 2.14. The number of aromatic nitrogens is 3. The molecule has 1 fully saturated rings. The Kier molecular flexibility index (Phi) is 6.00. The number of piperazine rings is 1. The van der Waals surface area contributed by atoms with Gasteiger partial charge in [0.15, 0.2) is 0 Å². The summed E-state index contributed by atoms with van der Waals surface area (Å²) in [5.74, 6) is 0.0601. The van der Waals surface area contributed by atoms with E-state index < -0.39 is 10.0 Å². The van der Waals surface area contributed by atoms with Crippen LogP contribution in [0.4, 0.5) is 0 Å². The second-order valence-electron chi connectivity index (χ2n) is 6.29. The molecule has 0 bridgehead atoms. The van der Waals surface area contributed by atoms with Gasteiger partial charge in [-0.15, -0.1) is 5.10 Å². The van der Waals surface area contributed by atoms with E-state index in [9.17, 15) is 13.2 Å². The maximum absolute atomic E-state index is 12.5. The smallest absolute Gasteiger partial charge is 0.222 e. The first kappa shape index (κ1) is 18.5. The Morgan fingerprint density at radius 2 is 1.81 bits per heavy atom. The Hall–Kier alpha value is -2.26. The predicted octanol–water partition coefficient (Wildman–Crippen LogP) is 0.733. The van der Waals surface area contributed by atoms with Crippen LogP contribution in [0.5, 0.6) is 0 Å². The van der Waals surface area contributed by atoms with E-state index in [-0.39, 0.29) is 11.7 Å². The predicted molar refractivity (Wildman–Crippen MR) is 96.5 cm³/mol. The molecule has 0 radical (unpaired) electrons. The van der Waals surface area contributed by atoms with Gasteiger partial charge in [0.1, 0.15) is 0 Å². The summed E-state index contributed by atoms with van der Waals surface area (Å²) in [5, 5.41) is 7.59. The number of sulfonamides is 1. The van der Waals surface area contributed by atoms with Crippen molar-refractivity contribution < 1.29 is 13.2 Å². The fourth-order valence-corrected chi connectivity index (χ4v) is 4.51. The summed E-state index contributed by atoms with van der Waals surface area (Å²) in [4.78, 5) is 14.0. The van der Waals surface area contributed by atoms with Crippen molar-refractivity contribution in [2.24, 2.45) is 0 Å². The standard InChI is InChI=1S/C17H23N5O3S/c23-17(7-4-9-21-10-8-18-19-21)20-11-13-22(14-12-20)26(24,25)15-16-5-2-1-3-6-16/h1-3,5-6,8,10H,4,7,9,11-15H2. The molecule has 0 atom stereocenters. The molecule has 8 nitrogen and oxygen atoms in total. The minimum Gasteiger partial charge on any atom is -0.340 e. The molecule has 0 unspecified atom stereocenters. The van der Waals surface area contributed by atoms with Crippen molar-refractivity contribution in [3.8, 4) is 0 Å². The SMILES string of the molecule is O=C(CCCn1ccnn1)N1CCN(S(=O)(=O)Cc2ccccc2)CC1. The minimum absolute atomic E-state index is 0.000305. The van der Waals surface area contributed by atoms with Crippen molar-refractivity contribution in [1.82, 2.24) is 24.2 Å². The van der Waals surface area contributed by atoms with Crippen LogP contribution in [0.15, 0.2) is 42.7 Å². The maximum atomic E-state index is 12.5. The van der Waals surface area contributed by atoms with Crippen molar-refractivity contribution in [2.45, 2.75) is 25.1 Å². The van der Waals surface area contributed by atoms with E-state index in [1.54, 1.807) is 22.0 Å². The molecule has 1 amide bonds. The monoisotopic (exact) mass is 377 g/mol. The summed E-state index contributed by atoms with van der Waals surface area (Å²) in [5.41, 5.74) is 0.777. The third-order valence-electron chi connectivity index (χ3n) is 4.43. The first-order chi connectivity index (χ1) is 12.5. The molecule has 0 N–H and O–H groups in total. The molecule has 1 aliphatic rings. The van der Waals surface area contributed by atoms with Gasteiger partial charge in [-0.3, -0.25) is 9.48 Å². The second-order valence-corrected chi connectivity index (χ2v) is 8.26. The molecule has 2 aromatic rings. The van der Waals surface area contributed by atoms with Crippen LogP contribution in [-0.4, -0.2) is 64.7 Å². The van der Waals surface area contributed by atoms with Crippen molar-refractivity contribution >= 4 is 15.9 Å². The summed E-state index contributed by atoms with van der Waals surface area (Å²) in [6.07, 6.45) is 4.49. The lowest BCUT2D eigenvalue weighted by Crippen LogP contribution is -2.50. The van der Waals surface area contributed by atoms with Gasteiger partial charge < -0.3 is 4.90 Å². The van der Waals surface area contributed by atoms with Gasteiger partial charge in [-0.1, -0.05) is 35.5 Å². The van der Waals surface area contributed by atoms with E-state index >= 15 is 0 Å². The van der Waals surface area contributed by atoms with E-state index in [1.165, 1.54) is 4.31 Å². The van der Waals surface area contributed by atoms with Crippen molar-refractivity contribution in [3.05, 3.63) is 48.3 Å². The van der Waals surface area contributed by atoms with Gasteiger partial charge >= 0.3 is 0 Å². The third kappa shape index (κ3) is 4.89. The van der Waals surface area contributed by atoms with Crippen LogP contribution in [0.25, 0.3) is 0 Å². The number of hydrogen-bond acceptors (Lipinski definition) is 5. The zero-order chi connectivity index (χ0) is 18.4. The molecule has 0 aliphatic carbocycles. The number of rotatable bonds is 7. The summed E-state index contributed by atoms with van der Waals surface area (Å²) in [6, 6.07) is 9.16. The van der Waals surface area contributed by atoms with Gasteiger partial charge in [-0.2, -0.15) is 4.31 Å². The highest BCUT2D eigenvalue weighted by Gasteiger charge is 2.28. The largest absolute Gasteiger partial charge is 0.340 e. The Balaban J connectivity index is 1.45. The van der Waals surface area contributed by atoms with Crippen LogP contribution in [0, 0.1) is 0 Å². The Morgan fingerprint density at radius 3 is 2.46 bits per heavy atom. The first-order valence-electron chi connectivity index (χ1n) is 8.68. The summed E-state index contributed by atoms with van der Waals surface area (Å²) in [7, 11) is -3.36. The molecule has 9 heteroatoms. The zero-order valence-electron chi connectivity index (χ0n) is 14.6. The van der Waals surface area contributed by atoms with Gasteiger partial charge in [-0.25, -0.2) is 8.42 Å². The van der Waals surface area contributed by atoms with Crippen LogP contribution in [0.2, 0.25) is 0 Å². The molecule has 1 aliphatic heterocycles. The van der Waals surface area contributed by atoms with Gasteiger partial charge in [0.05, 0.1) is 11.9 Å². The lowest BCUT2D eigenvalue weighted by molar-refractivity contribution is -0.132. The normalized spacial score (nSPS) is 15.9. The van der Waals surface area contributed by atoms with Crippen LogP contribution in [0.1, 0.15) is 18.4 Å². The average molecular weight is 377 g/mol. The fourth-order valence-electron chi connectivity index (χ4n) is 2.99. The molecule has 1 aromatic heterocycles. The number of aryl methyl sites for hydroxylation is 1. The molecular formula is C17H23N5O3S. The summed E-state index contributed by atoms with van der Waals surface area (Å²) < 4.78 is 28.3. The second kappa shape index (κ2) is 8.41. The molecular weight excluding hydrogens is 354 g/mol. The van der Waals surface area contributed by atoms with E-state index in [1.807, 2.05) is 30.3 Å². The number of carbonyl (C=O) groups excluding carboxylic acids is 1. The molecule has 2 heterocycles. The quantitative estimate of drug-likeness (QED) is 0.710. The maximum Gasteiger partial charge on any atom is 0.222 e. The topological polar surface area (TPSA) is 88.4 Å². The average Bonchev–Trinajstić information content (AvgIpc) is 3.16. The van der Waals surface area contributed by atoms with E-state index in [2.05, 4.69) is 10.3 Å². The van der Waals surface area contributed by atoms with Crippen LogP contribution in [-0.2, 0) is 27.1 Å². The van der Waals surface area contributed by atoms with Crippen LogP contribution < -0.4 is 0 Å². The summed E-state index contributed by atoms with van der Waals surface area (Å²) in [6.45, 7) is 2.23. The van der Waals surface area contributed by atoms with E-state index in [4.69, 9.17) is 0 Å². The number of nitrogens with zero attached hydrogens (tertiary/aromatic N) is 5. The van der Waals surface area contributed by atoms with Gasteiger partial charge in [0, 0.05) is 45.3 Å². The van der Waals surface area contributed by atoms with E-state index in [0.29, 0.717) is 45.6 Å². The van der Waals surface area contributed by atoms with Crippen molar-refractivity contribution in [1.29, 1.82) is 0 Å². The van der Waals surface area contributed by atoms with Gasteiger partial charge in [-0.05, 0) is 12.0 Å². The zero-order valence-corrected chi connectivity index (χ0v) is 15.4. The number of carbonyl (C=O) groups is 1. The Labute approximate surface area is 153 Å². The minimum atomic E-state index is -3.36. The van der Waals surface area contributed by atoms with Crippen LogP contribution in [0.3, 0.4) is 0 Å². The lowest BCUT2D eigenvalue weighted by Gasteiger charge is -2.34. The van der Waals surface area contributed by atoms with Gasteiger partial charge in [0.2, 0.25) is 15.9 Å². The molecule has 140 valence electrons. The summed E-state index contributed by atoms with van der Waals surface area (Å²) >= 11 is 0. The Bertz CT molecular complexity index is 800. The molecule has 1 saturated heterocycles. The number of amides is 1. The number of hydrogen-bond donors (Lipinski definition) is 0. The molecule has 0 spiro atoms. The molecule has 26 heavy (non-hydrogen) atoms. The fraction of sp³-hybridized carbons (Fsp3) is 0.471. The highest BCUT2D eigenvalue weighted by atomic mass is 32.2. The molecule has 3 rings (SSSR count). The van der Waals surface area contributed by atoms with Crippen molar-refractivity contribution in [3.63, 3.8) is 0 Å². The van der Waals surface area contributed by atoms with E-state index in [0.717, 1.165) is 5.56 Å². The highest BCUT2D eigenvalue weighted by molar-refractivity contribution is 7.88. The lowest BCUT2D eigenvalue weighted by atomic mass is 10.2. The first-order valence-corrected chi connectivity index (χ1v) is 10.3. The number of benzene rings is 1. The Morgan fingerprint density at radius 1 is 1.08 bits per heavy atom. The van der Waals surface area contributed by atoms with Crippen molar-refractivity contribution in [2.75, 3.05) is 26.2 Å².